The predicted octanol–water partition coefficient (Wildman–Crippen LogP) is 4.45. The first kappa shape index (κ1) is 17.9. The lowest BCUT2D eigenvalue weighted by Crippen LogP contribution is -2.41. The third-order valence-corrected chi connectivity index (χ3v) is 6.45. The summed E-state index contributed by atoms with van der Waals surface area (Å²) in [5, 5.41) is 3.48. The van der Waals surface area contributed by atoms with Gasteiger partial charge in [-0.05, 0) is 65.3 Å². The molecule has 3 aliphatic heterocycles. The third-order valence-electron chi connectivity index (χ3n) is 6.45. The molecule has 0 spiro atoms. The van der Waals surface area contributed by atoms with E-state index in [9.17, 15) is 13.2 Å². The number of nitrogens with one attached hydrogen (secondary N) is 1. The minimum Gasteiger partial charge on any atom is -0.497 e. The number of benzene rings is 2. The number of hydrogen-bond donors (Lipinski definition) is 1. The Morgan fingerprint density at radius 3 is 2.79 bits per heavy atom. The van der Waals surface area contributed by atoms with Crippen LogP contribution >= 0.6 is 0 Å². The van der Waals surface area contributed by atoms with E-state index >= 15 is 0 Å². The van der Waals surface area contributed by atoms with Crippen LogP contribution in [-0.4, -0.2) is 33.3 Å². The molecule has 3 heterocycles. The Kier molecular flexibility index (Phi) is 4.09. The van der Waals surface area contributed by atoms with Gasteiger partial charge in [0.05, 0.1) is 12.7 Å². The van der Waals surface area contributed by atoms with Crippen LogP contribution in [-0.2, 0) is 12.6 Å². The molecule has 0 unspecified atom stereocenters. The lowest BCUT2D eigenvalue weighted by Gasteiger charge is -2.42. The monoisotopic (exact) mass is 388 g/mol. The quantitative estimate of drug-likeness (QED) is 0.823. The summed E-state index contributed by atoms with van der Waals surface area (Å²) in [6.45, 7) is 3.98. The van der Waals surface area contributed by atoms with Gasteiger partial charge in [-0.1, -0.05) is 6.07 Å². The lowest BCUT2D eigenvalue weighted by atomic mass is 9.78. The van der Waals surface area contributed by atoms with E-state index in [1.807, 2.05) is 12.1 Å². The maximum absolute atomic E-state index is 13.8. The van der Waals surface area contributed by atoms with Gasteiger partial charge < -0.3 is 15.0 Å². The minimum absolute atomic E-state index is 0.224. The Morgan fingerprint density at radius 2 is 2.00 bits per heavy atom. The molecule has 3 aliphatic rings. The number of halogens is 3. The molecule has 2 atom stereocenters. The molecule has 0 saturated carbocycles. The number of alkyl halides is 3. The first-order chi connectivity index (χ1) is 13.5. The predicted molar refractivity (Wildman–Crippen MR) is 103 cm³/mol. The molecule has 6 heteroatoms. The van der Waals surface area contributed by atoms with Crippen LogP contribution in [0.2, 0.25) is 0 Å². The molecule has 0 aliphatic carbocycles. The molecular weight excluding hydrogens is 365 g/mol. The van der Waals surface area contributed by atoms with Gasteiger partial charge >= 0.3 is 6.18 Å². The van der Waals surface area contributed by atoms with E-state index in [2.05, 4.69) is 10.2 Å². The van der Waals surface area contributed by atoms with E-state index in [0.717, 1.165) is 45.1 Å². The number of ether oxygens (including phenoxy) is 1. The van der Waals surface area contributed by atoms with Crippen molar-refractivity contribution < 1.29 is 17.9 Å². The second kappa shape index (κ2) is 6.41. The van der Waals surface area contributed by atoms with Gasteiger partial charge in [0.25, 0.3) is 0 Å². The molecule has 2 aromatic rings. The first-order valence-electron chi connectivity index (χ1n) is 9.84. The Morgan fingerprint density at radius 1 is 1.14 bits per heavy atom. The van der Waals surface area contributed by atoms with Crippen molar-refractivity contribution in [2.75, 3.05) is 38.2 Å². The Hall–Kier alpha value is -2.21. The van der Waals surface area contributed by atoms with Crippen LogP contribution in [0.1, 0.15) is 29.0 Å². The molecule has 5 rings (SSSR count). The fraction of sp³-hybridized carbons (Fsp3) is 0.455. The second-order valence-corrected chi connectivity index (χ2v) is 8.06. The van der Waals surface area contributed by atoms with Crippen molar-refractivity contribution in [1.29, 1.82) is 0 Å². The average Bonchev–Trinajstić information content (AvgIpc) is 3.15. The van der Waals surface area contributed by atoms with E-state index < -0.39 is 11.7 Å². The molecule has 0 aromatic heterocycles. The summed E-state index contributed by atoms with van der Waals surface area (Å²) in [5.74, 6) is 1.14. The van der Waals surface area contributed by atoms with Crippen molar-refractivity contribution in [3.8, 4) is 16.9 Å². The number of aryl methyl sites for hydroxylation is 1. The highest BCUT2D eigenvalue weighted by atomic mass is 19.4. The highest BCUT2D eigenvalue weighted by Crippen LogP contribution is 2.48. The first-order valence-corrected chi connectivity index (χ1v) is 9.84. The number of nitrogens with zero attached hydrogens (tertiary/aromatic N) is 1. The fourth-order valence-electron chi connectivity index (χ4n) is 5.20. The van der Waals surface area contributed by atoms with E-state index in [4.69, 9.17) is 4.74 Å². The zero-order valence-electron chi connectivity index (χ0n) is 15.8. The molecule has 1 saturated heterocycles. The van der Waals surface area contributed by atoms with Gasteiger partial charge in [-0.3, -0.25) is 0 Å². The summed E-state index contributed by atoms with van der Waals surface area (Å²) in [5.41, 5.74) is 3.95. The number of fused-ring (bicyclic) bond motifs is 2. The van der Waals surface area contributed by atoms with Gasteiger partial charge in [0, 0.05) is 37.8 Å². The summed E-state index contributed by atoms with van der Waals surface area (Å²) in [7, 11) is 1.39. The van der Waals surface area contributed by atoms with Crippen LogP contribution in [0.3, 0.4) is 0 Å². The van der Waals surface area contributed by atoms with Crippen molar-refractivity contribution in [2.45, 2.75) is 24.9 Å². The van der Waals surface area contributed by atoms with Crippen molar-refractivity contribution in [2.24, 2.45) is 5.92 Å². The van der Waals surface area contributed by atoms with Crippen molar-refractivity contribution in [3.63, 3.8) is 0 Å². The SMILES string of the molecule is COc1ccc(-c2cc3c4c(c2)[C@H]2CNC[C@H]2CN4CCC3)c(C(F)(F)F)c1. The number of methoxy groups -OCH3 is 1. The normalized spacial score (nSPS) is 23.4. The lowest BCUT2D eigenvalue weighted by molar-refractivity contribution is -0.137. The largest absolute Gasteiger partial charge is 0.497 e. The highest BCUT2D eigenvalue weighted by molar-refractivity contribution is 5.77. The van der Waals surface area contributed by atoms with Crippen LogP contribution in [0.5, 0.6) is 5.75 Å². The zero-order valence-corrected chi connectivity index (χ0v) is 15.8. The van der Waals surface area contributed by atoms with Crippen molar-refractivity contribution in [3.05, 3.63) is 47.0 Å². The smallest absolute Gasteiger partial charge is 0.417 e. The minimum atomic E-state index is -4.43. The topological polar surface area (TPSA) is 24.5 Å². The highest BCUT2D eigenvalue weighted by Gasteiger charge is 2.40. The Labute approximate surface area is 162 Å². The van der Waals surface area contributed by atoms with Gasteiger partial charge in [-0.25, -0.2) is 0 Å². The van der Waals surface area contributed by atoms with Crippen LogP contribution in [0.4, 0.5) is 18.9 Å². The Bertz CT molecular complexity index is 925. The molecule has 0 amide bonds. The molecule has 1 N–H and O–H groups in total. The van der Waals surface area contributed by atoms with Gasteiger partial charge in [0.1, 0.15) is 5.75 Å². The van der Waals surface area contributed by atoms with Gasteiger partial charge in [-0.2, -0.15) is 13.2 Å². The average molecular weight is 388 g/mol. The third kappa shape index (κ3) is 2.77. The van der Waals surface area contributed by atoms with Crippen LogP contribution < -0.4 is 15.0 Å². The number of anilines is 1. The maximum atomic E-state index is 13.8. The van der Waals surface area contributed by atoms with Crippen molar-refractivity contribution >= 4 is 5.69 Å². The summed E-state index contributed by atoms with van der Waals surface area (Å²) in [6.07, 6.45) is -2.45. The molecule has 148 valence electrons. The fourth-order valence-corrected chi connectivity index (χ4v) is 5.20. The molecule has 0 radical (unpaired) electrons. The van der Waals surface area contributed by atoms with Gasteiger partial charge in [-0.15, -0.1) is 0 Å². The zero-order chi connectivity index (χ0) is 19.5. The second-order valence-electron chi connectivity index (χ2n) is 8.06. The standard InChI is InChI=1S/C22H23F3N2O/c1-28-16-4-5-17(20(9-16)22(23,24)25)14-7-13-3-2-6-27-12-15-10-26-11-19(15)18(8-14)21(13)27/h4-5,7-9,15,19,26H,2-3,6,10-12H2,1H3/t15-,19-/m0/s1. The van der Waals surface area contributed by atoms with Gasteiger partial charge in [0.15, 0.2) is 0 Å². The summed E-state index contributed by atoms with van der Waals surface area (Å²) in [4.78, 5) is 2.45. The molecule has 1 fully saturated rings. The van der Waals surface area contributed by atoms with Crippen LogP contribution in [0.15, 0.2) is 30.3 Å². The van der Waals surface area contributed by atoms with E-state index in [1.165, 1.54) is 23.9 Å². The maximum Gasteiger partial charge on any atom is 0.417 e. The molecule has 0 bridgehead atoms. The van der Waals surface area contributed by atoms with Crippen LogP contribution in [0, 0.1) is 5.92 Å². The molecule has 3 nitrogen and oxygen atoms in total. The summed E-state index contributed by atoms with van der Waals surface area (Å²) < 4.78 is 46.4. The number of hydrogen-bond acceptors (Lipinski definition) is 3. The van der Waals surface area contributed by atoms with E-state index in [0.29, 0.717) is 17.4 Å². The molecular formula is C22H23F3N2O. The molecule has 2 aromatic carbocycles. The summed E-state index contributed by atoms with van der Waals surface area (Å²) in [6, 6.07) is 8.25. The summed E-state index contributed by atoms with van der Waals surface area (Å²) >= 11 is 0. The van der Waals surface area contributed by atoms with Crippen LogP contribution in [0.25, 0.3) is 11.1 Å². The number of rotatable bonds is 2. The van der Waals surface area contributed by atoms with Gasteiger partial charge in [0.2, 0.25) is 0 Å². The van der Waals surface area contributed by atoms with E-state index in [1.54, 1.807) is 12.1 Å². The van der Waals surface area contributed by atoms with Crippen molar-refractivity contribution in [1.82, 2.24) is 5.32 Å². The molecule has 28 heavy (non-hydrogen) atoms. The van der Waals surface area contributed by atoms with E-state index in [-0.39, 0.29) is 11.3 Å². The Balaban J connectivity index is 1.70.